The van der Waals surface area contributed by atoms with E-state index >= 15 is 0 Å². The lowest BCUT2D eigenvalue weighted by Gasteiger charge is -2.32. The van der Waals surface area contributed by atoms with Crippen molar-refractivity contribution in [3.05, 3.63) is 24.3 Å². The molecule has 2 aliphatic rings. The zero-order valence-electron chi connectivity index (χ0n) is 19.1. The zero-order chi connectivity index (χ0) is 22.0. The maximum Gasteiger partial charge on any atom is 0.330 e. The summed E-state index contributed by atoms with van der Waals surface area (Å²) < 4.78 is 22.6. The molecule has 172 valence electrons. The third kappa shape index (κ3) is 6.91. The molecular formula is C24H40O6. The van der Waals surface area contributed by atoms with E-state index in [4.69, 9.17) is 14.2 Å². The molecule has 1 saturated heterocycles. The van der Waals surface area contributed by atoms with E-state index in [1.165, 1.54) is 13.2 Å². The summed E-state index contributed by atoms with van der Waals surface area (Å²) in [4.78, 5) is 11.1. The fourth-order valence-electron chi connectivity index (χ4n) is 4.38. The average molecular weight is 425 g/mol. The van der Waals surface area contributed by atoms with Crippen molar-refractivity contribution in [2.24, 2.45) is 11.8 Å². The SMILES string of the molecule is CCCOC(C)(C)C(O)/C=C/[C@H]1CCC2(OCCO2)[C@@H]1CCCC/C=C/C(=O)OC. The number of hydrogen-bond donors (Lipinski definition) is 1. The van der Waals surface area contributed by atoms with Crippen LogP contribution in [0.2, 0.25) is 0 Å². The lowest BCUT2D eigenvalue weighted by Crippen LogP contribution is -2.38. The van der Waals surface area contributed by atoms with E-state index in [1.54, 1.807) is 0 Å². The number of methoxy groups -OCH3 is 1. The molecule has 0 amide bonds. The Morgan fingerprint density at radius 2 is 2.03 bits per heavy atom. The molecule has 1 aliphatic carbocycles. The van der Waals surface area contributed by atoms with Gasteiger partial charge in [0.2, 0.25) is 0 Å². The second kappa shape index (κ2) is 12.0. The molecule has 1 saturated carbocycles. The van der Waals surface area contributed by atoms with Crippen LogP contribution in [0.1, 0.15) is 65.7 Å². The summed E-state index contributed by atoms with van der Waals surface area (Å²) in [6, 6.07) is 0. The highest BCUT2D eigenvalue weighted by Crippen LogP contribution is 2.48. The van der Waals surface area contributed by atoms with E-state index in [1.807, 2.05) is 26.0 Å². The summed E-state index contributed by atoms with van der Waals surface area (Å²) in [5, 5.41) is 10.6. The first-order valence-electron chi connectivity index (χ1n) is 11.4. The summed E-state index contributed by atoms with van der Waals surface area (Å²) in [6.07, 6.45) is 13.4. The van der Waals surface area contributed by atoms with Crippen LogP contribution in [-0.4, -0.2) is 55.5 Å². The number of rotatable bonds is 12. The molecule has 2 rings (SSSR count). The molecule has 0 bridgehead atoms. The monoisotopic (exact) mass is 424 g/mol. The minimum Gasteiger partial charge on any atom is -0.466 e. The summed E-state index contributed by atoms with van der Waals surface area (Å²) in [6.45, 7) is 7.85. The van der Waals surface area contributed by atoms with Gasteiger partial charge in [-0.05, 0) is 51.9 Å². The topological polar surface area (TPSA) is 74.2 Å². The molecule has 0 aromatic heterocycles. The number of aliphatic hydroxyl groups excluding tert-OH is 1. The van der Waals surface area contributed by atoms with Crippen molar-refractivity contribution in [3.8, 4) is 0 Å². The van der Waals surface area contributed by atoms with Gasteiger partial charge in [-0.15, -0.1) is 0 Å². The van der Waals surface area contributed by atoms with Crippen molar-refractivity contribution in [1.29, 1.82) is 0 Å². The van der Waals surface area contributed by atoms with Gasteiger partial charge < -0.3 is 24.1 Å². The number of hydrogen-bond acceptors (Lipinski definition) is 6. The van der Waals surface area contributed by atoms with Crippen LogP contribution in [0.4, 0.5) is 0 Å². The molecular weight excluding hydrogens is 384 g/mol. The lowest BCUT2D eigenvalue weighted by atomic mass is 9.86. The van der Waals surface area contributed by atoms with Gasteiger partial charge in [0.1, 0.15) is 6.10 Å². The number of unbranched alkanes of at least 4 members (excludes halogenated alkanes) is 2. The summed E-state index contributed by atoms with van der Waals surface area (Å²) in [7, 11) is 1.38. The van der Waals surface area contributed by atoms with Gasteiger partial charge >= 0.3 is 5.97 Å². The number of carbonyl (C=O) groups is 1. The van der Waals surface area contributed by atoms with E-state index in [0.29, 0.717) is 25.7 Å². The summed E-state index contributed by atoms with van der Waals surface area (Å²) in [5.74, 6) is -0.207. The van der Waals surface area contributed by atoms with Gasteiger partial charge in [0.25, 0.3) is 0 Å². The van der Waals surface area contributed by atoms with Crippen LogP contribution in [0.15, 0.2) is 24.3 Å². The smallest absolute Gasteiger partial charge is 0.330 e. The van der Waals surface area contributed by atoms with Crippen molar-refractivity contribution in [2.45, 2.75) is 83.2 Å². The van der Waals surface area contributed by atoms with Crippen molar-refractivity contribution in [1.82, 2.24) is 0 Å². The molecule has 2 fully saturated rings. The van der Waals surface area contributed by atoms with E-state index in [-0.39, 0.29) is 11.9 Å². The molecule has 1 spiro atoms. The van der Waals surface area contributed by atoms with E-state index < -0.39 is 17.5 Å². The largest absolute Gasteiger partial charge is 0.466 e. The van der Waals surface area contributed by atoms with E-state index in [2.05, 4.69) is 17.7 Å². The van der Waals surface area contributed by atoms with Crippen molar-refractivity contribution in [2.75, 3.05) is 26.9 Å². The molecule has 30 heavy (non-hydrogen) atoms. The van der Waals surface area contributed by atoms with Crippen LogP contribution in [0.3, 0.4) is 0 Å². The fourth-order valence-corrected chi connectivity index (χ4v) is 4.38. The average Bonchev–Trinajstić information content (AvgIpc) is 3.34. The van der Waals surface area contributed by atoms with Gasteiger partial charge in [0.05, 0.1) is 25.9 Å². The highest BCUT2D eigenvalue weighted by atomic mass is 16.7. The summed E-state index contributed by atoms with van der Waals surface area (Å²) >= 11 is 0. The van der Waals surface area contributed by atoms with E-state index in [9.17, 15) is 9.90 Å². The van der Waals surface area contributed by atoms with Gasteiger partial charge in [-0.3, -0.25) is 0 Å². The van der Waals surface area contributed by atoms with Crippen LogP contribution in [0.5, 0.6) is 0 Å². The van der Waals surface area contributed by atoms with Crippen LogP contribution in [-0.2, 0) is 23.7 Å². The number of allylic oxidation sites excluding steroid dienone is 2. The quantitative estimate of drug-likeness (QED) is 0.219. The Morgan fingerprint density at radius 3 is 2.70 bits per heavy atom. The highest BCUT2D eigenvalue weighted by Gasteiger charge is 2.51. The number of esters is 1. The van der Waals surface area contributed by atoms with Gasteiger partial charge in [-0.2, -0.15) is 0 Å². The number of ether oxygens (including phenoxy) is 4. The molecule has 6 nitrogen and oxygen atoms in total. The van der Waals surface area contributed by atoms with E-state index in [0.717, 1.165) is 44.9 Å². The zero-order valence-corrected chi connectivity index (χ0v) is 19.1. The first-order valence-corrected chi connectivity index (χ1v) is 11.4. The van der Waals surface area contributed by atoms with Crippen LogP contribution in [0, 0.1) is 11.8 Å². The first-order chi connectivity index (χ1) is 14.3. The minimum absolute atomic E-state index is 0.271. The molecule has 1 N–H and O–H groups in total. The summed E-state index contributed by atoms with van der Waals surface area (Å²) in [5.41, 5.74) is -0.607. The minimum atomic E-state index is -0.657. The third-order valence-corrected chi connectivity index (χ3v) is 6.21. The lowest BCUT2D eigenvalue weighted by molar-refractivity contribution is -0.186. The second-order valence-electron chi connectivity index (χ2n) is 8.81. The predicted octanol–water partition coefficient (Wildman–Crippen LogP) is 4.17. The molecule has 6 heteroatoms. The Labute approximate surface area is 181 Å². The number of carbonyl (C=O) groups excluding carboxylic acids is 1. The van der Waals surface area contributed by atoms with Gasteiger partial charge in [-0.25, -0.2) is 4.79 Å². The molecule has 3 atom stereocenters. The fraction of sp³-hybridized carbons (Fsp3) is 0.792. The van der Waals surface area contributed by atoms with Crippen LogP contribution in [0.25, 0.3) is 0 Å². The Balaban J connectivity index is 1.93. The number of aliphatic hydroxyl groups is 1. The first kappa shape index (κ1) is 25.1. The Kier molecular flexibility index (Phi) is 10.0. The standard InChI is InChI=1S/C24H40O6/c1-5-16-28-23(2,3)21(25)13-12-19-14-15-24(29-17-18-30-24)20(19)10-8-6-7-9-11-22(26)27-4/h9,11-13,19-21,25H,5-8,10,14-18H2,1-4H3/b11-9+,13-12+/t19-,20+,21?/m0/s1. The van der Waals surface area contributed by atoms with Gasteiger partial charge in [-0.1, -0.05) is 31.6 Å². The molecule has 0 aromatic rings. The second-order valence-corrected chi connectivity index (χ2v) is 8.81. The Morgan fingerprint density at radius 1 is 1.30 bits per heavy atom. The van der Waals surface area contributed by atoms with Crippen molar-refractivity contribution < 1.29 is 28.8 Å². The van der Waals surface area contributed by atoms with Crippen molar-refractivity contribution in [3.63, 3.8) is 0 Å². The normalized spacial score (nSPS) is 25.0. The molecule has 0 aromatic carbocycles. The van der Waals surface area contributed by atoms with Crippen LogP contribution >= 0.6 is 0 Å². The highest BCUT2D eigenvalue weighted by molar-refractivity contribution is 5.81. The molecule has 1 aliphatic heterocycles. The molecule has 1 unspecified atom stereocenters. The maximum absolute atomic E-state index is 11.1. The molecule has 0 radical (unpaired) electrons. The Hall–Kier alpha value is -1.21. The van der Waals surface area contributed by atoms with Crippen molar-refractivity contribution >= 4 is 5.97 Å². The van der Waals surface area contributed by atoms with Crippen LogP contribution < -0.4 is 0 Å². The maximum atomic E-state index is 11.1. The van der Waals surface area contributed by atoms with Gasteiger partial charge in [0, 0.05) is 25.0 Å². The molecule has 1 heterocycles. The van der Waals surface area contributed by atoms with Gasteiger partial charge in [0.15, 0.2) is 5.79 Å². The predicted molar refractivity (Wildman–Crippen MR) is 116 cm³/mol. The Bertz CT molecular complexity index is 576. The third-order valence-electron chi connectivity index (χ3n) is 6.21.